The Morgan fingerprint density at radius 1 is 1.05 bits per heavy atom. The van der Waals surface area contributed by atoms with Gasteiger partial charge < -0.3 is 24.4 Å². The molecule has 7 rings (SSSR count). The van der Waals surface area contributed by atoms with Gasteiger partial charge in [-0.1, -0.05) is 72.8 Å². The summed E-state index contributed by atoms with van der Waals surface area (Å²) in [7, 11) is -0.872. The first-order chi connectivity index (χ1) is 26.8. The molecule has 2 fully saturated rings. The van der Waals surface area contributed by atoms with Gasteiger partial charge in [0.05, 0.1) is 62.6 Å². The van der Waals surface area contributed by atoms with Crippen LogP contribution in [0.25, 0.3) is 16.6 Å². The van der Waals surface area contributed by atoms with Crippen LogP contribution in [0.2, 0.25) is 18.6 Å². The third-order valence-corrected chi connectivity index (χ3v) is 17.0. The predicted molar refractivity (Wildman–Crippen MR) is 225 cm³/mol. The molecule has 1 spiro atoms. The minimum Gasteiger partial charge on any atom is -0.497 e. The standard InChI is InChI=1S/C45H56N4O6Si/c1-29(2)12-10-13-30(3)23-25-48-39-22-17-32(49-43(52)36-15-8-9-16-38(36)46-49)26-37(39)45(44(48)53)31(4)42(56(6,7)35-20-18-34(54-5)19-21-35)40(55-45)27-41(51)47-24-11-14-33(47)28-50/h8-9,12,15-23,26,31,33,40,42,46,50H,10-11,13-14,24-25,27-28H2,1-7H3/b30-23+/t31-,33-,40+,42-,45+/m0/s1. The van der Waals surface area contributed by atoms with Crippen LogP contribution in [-0.2, 0) is 19.9 Å². The molecule has 0 aliphatic carbocycles. The zero-order chi connectivity index (χ0) is 39.9. The van der Waals surface area contributed by atoms with Crippen molar-refractivity contribution < 1.29 is 24.2 Å². The number of carbonyl (C=O) groups is 2. The van der Waals surface area contributed by atoms with Gasteiger partial charge in [0, 0.05) is 24.6 Å². The maximum Gasteiger partial charge on any atom is 0.279 e. The van der Waals surface area contributed by atoms with Crippen molar-refractivity contribution in [3.63, 3.8) is 0 Å². The molecule has 2 saturated heterocycles. The quantitative estimate of drug-likeness (QED) is 0.119. The van der Waals surface area contributed by atoms with Crippen molar-refractivity contribution in [2.45, 2.75) is 96.2 Å². The number of fused-ring (bicyclic) bond motifs is 3. The van der Waals surface area contributed by atoms with Crippen molar-refractivity contribution in [3.05, 3.63) is 106 Å². The molecule has 4 heterocycles. The minimum atomic E-state index is -2.53. The lowest BCUT2D eigenvalue weighted by atomic mass is 9.82. The van der Waals surface area contributed by atoms with Crippen molar-refractivity contribution in [3.8, 4) is 11.4 Å². The fourth-order valence-corrected chi connectivity index (χ4v) is 13.7. The number of ether oxygens (including phenoxy) is 2. The van der Waals surface area contributed by atoms with E-state index >= 15 is 4.79 Å². The van der Waals surface area contributed by atoms with Gasteiger partial charge in [-0.2, -0.15) is 0 Å². The minimum absolute atomic E-state index is 0.0591. The van der Waals surface area contributed by atoms with E-state index in [1.807, 2.05) is 53.4 Å². The van der Waals surface area contributed by atoms with Crippen LogP contribution < -0.4 is 20.4 Å². The Kier molecular flexibility index (Phi) is 11.1. The Balaban J connectivity index is 1.36. The number of rotatable bonds is 12. The number of benzene rings is 3. The third-order valence-electron chi connectivity index (χ3n) is 12.7. The molecule has 3 aliphatic heterocycles. The van der Waals surface area contributed by atoms with Crippen LogP contribution in [0.3, 0.4) is 0 Å². The number of allylic oxidation sites excluding steroid dienone is 3. The van der Waals surface area contributed by atoms with Gasteiger partial charge >= 0.3 is 0 Å². The molecule has 10 nitrogen and oxygen atoms in total. The second-order valence-electron chi connectivity index (χ2n) is 16.7. The Hall–Kier alpha value is -4.71. The maximum atomic E-state index is 15.4. The number of likely N-dealkylation sites (tertiary alicyclic amines) is 1. The number of nitrogens with zero attached hydrogens (tertiary/aromatic N) is 3. The predicted octanol–water partition coefficient (Wildman–Crippen LogP) is 6.96. The van der Waals surface area contributed by atoms with Crippen LogP contribution in [0.15, 0.2) is 94.8 Å². The SMILES string of the molecule is COc1ccc([Si](C)(C)[C@@H]2[C@@H](CC(=O)N3CCC[C@H]3CO)O[C@]3(C(=O)N(C/C=C(\C)CCC=C(C)C)c4ccc(-n5[nH]c6ccccc6c5=O)cc43)[C@H]2C)cc1. The van der Waals surface area contributed by atoms with Crippen molar-refractivity contribution in [1.82, 2.24) is 14.7 Å². The molecule has 5 atom stereocenters. The zero-order valence-corrected chi connectivity index (χ0v) is 34.8. The second kappa shape index (κ2) is 15.7. The van der Waals surface area contributed by atoms with Gasteiger partial charge in [0.25, 0.3) is 11.5 Å². The fourth-order valence-electron chi connectivity index (χ4n) is 9.64. The summed E-state index contributed by atoms with van der Waals surface area (Å²) in [5.74, 6) is 0.227. The highest BCUT2D eigenvalue weighted by Crippen LogP contribution is 2.60. The summed E-state index contributed by atoms with van der Waals surface area (Å²) in [4.78, 5) is 47.0. The molecule has 0 saturated carbocycles. The van der Waals surface area contributed by atoms with E-state index in [1.54, 1.807) is 18.1 Å². The maximum absolute atomic E-state index is 15.4. The number of aliphatic hydroxyl groups is 1. The van der Waals surface area contributed by atoms with Gasteiger partial charge in [-0.05, 0) is 94.5 Å². The number of aromatic nitrogens is 2. The van der Waals surface area contributed by atoms with Crippen LogP contribution in [0.4, 0.5) is 5.69 Å². The molecule has 11 heteroatoms. The Bertz CT molecular complexity index is 2230. The summed E-state index contributed by atoms with van der Waals surface area (Å²) in [5.41, 5.74) is 3.53. The van der Waals surface area contributed by atoms with Gasteiger partial charge in [0.2, 0.25) is 5.91 Å². The summed E-state index contributed by atoms with van der Waals surface area (Å²) < 4.78 is 14.4. The first kappa shape index (κ1) is 39.5. The Labute approximate surface area is 330 Å². The van der Waals surface area contributed by atoms with E-state index in [2.05, 4.69) is 70.2 Å². The fraction of sp³-hybridized carbons (Fsp3) is 0.444. The zero-order valence-electron chi connectivity index (χ0n) is 33.8. The van der Waals surface area contributed by atoms with Crippen LogP contribution >= 0.6 is 0 Å². The van der Waals surface area contributed by atoms with Crippen molar-refractivity contribution in [1.29, 1.82) is 0 Å². The number of hydrogen-bond acceptors (Lipinski definition) is 6. The molecular weight excluding hydrogens is 721 g/mol. The number of para-hydroxylation sites is 1. The van der Waals surface area contributed by atoms with Crippen LogP contribution in [0.5, 0.6) is 5.75 Å². The van der Waals surface area contributed by atoms with E-state index in [1.165, 1.54) is 21.0 Å². The summed E-state index contributed by atoms with van der Waals surface area (Å²) in [6.45, 7) is 13.9. The average Bonchev–Trinajstić information content (AvgIpc) is 3.93. The average molecular weight is 777 g/mol. The van der Waals surface area contributed by atoms with Gasteiger partial charge in [-0.3, -0.25) is 19.5 Å². The van der Waals surface area contributed by atoms with Gasteiger partial charge in [-0.25, -0.2) is 4.68 Å². The number of hydrogen-bond donors (Lipinski definition) is 2. The molecular formula is C45H56N4O6Si. The van der Waals surface area contributed by atoms with E-state index in [0.29, 0.717) is 29.7 Å². The normalized spacial score (nSPS) is 23.7. The highest BCUT2D eigenvalue weighted by Gasteiger charge is 2.66. The van der Waals surface area contributed by atoms with Gasteiger partial charge in [0.1, 0.15) is 5.75 Å². The number of carbonyl (C=O) groups excluding carboxylic acids is 2. The molecule has 3 aliphatic rings. The number of H-pyrrole nitrogens is 1. The van der Waals surface area contributed by atoms with E-state index in [0.717, 1.165) is 42.6 Å². The lowest BCUT2D eigenvalue weighted by molar-refractivity contribution is -0.149. The van der Waals surface area contributed by atoms with Crippen LogP contribution in [-0.4, -0.2) is 78.6 Å². The third kappa shape index (κ3) is 6.88. The number of anilines is 1. The van der Waals surface area contributed by atoms with Crippen molar-refractivity contribution in [2.75, 3.05) is 31.7 Å². The topological polar surface area (TPSA) is 117 Å². The lowest BCUT2D eigenvalue weighted by Gasteiger charge is -2.37. The van der Waals surface area contributed by atoms with E-state index in [9.17, 15) is 14.7 Å². The molecule has 0 radical (unpaired) electrons. The molecule has 0 bridgehead atoms. The van der Waals surface area contributed by atoms with E-state index in [-0.39, 0.29) is 47.9 Å². The van der Waals surface area contributed by atoms with E-state index in [4.69, 9.17) is 9.47 Å². The number of aliphatic hydroxyl groups excluding tert-OH is 1. The number of aromatic amines is 1. The number of methoxy groups -OCH3 is 1. The molecule has 56 heavy (non-hydrogen) atoms. The van der Waals surface area contributed by atoms with Crippen molar-refractivity contribution in [2.24, 2.45) is 5.92 Å². The first-order valence-corrected chi connectivity index (χ1v) is 23.1. The van der Waals surface area contributed by atoms with E-state index < -0.39 is 19.8 Å². The van der Waals surface area contributed by atoms with Crippen LogP contribution in [0.1, 0.15) is 65.4 Å². The van der Waals surface area contributed by atoms with Crippen LogP contribution in [0, 0.1) is 5.92 Å². The molecule has 2 N–H and O–H groups in total. The first-order valence-electron chi connectivity index (χ1n) is 20.0. The summed E-state index contributed by atoms with van der Waals surface area (Å²) >= 11 is 0. The van der Waals surface area contributed by atoms with Gasteiger partial charge in [-0.15, -0.1) is 0 Å². The smallest absolute Gasteiger partial charge is 0.279 e. The van der Waals surface area contributed by atoms with Crippen molar-refractivity contribution >= 4 is 41.7 Å². The second-order valence-corrected chi connectivity index (χ2v) is 21.4. The molecule has 3 aromatic carbocycles. The Morgan fingerprint density at radius 3 is 2.50 bits per heavy atom. The monoisotopic (exact) mass is 776 g/mol. The molecule has 1 aromatic heterocycles. The van der Waals surface area contributed by atoms with Gasteiger partial charge in [0.15, 0.2) is 5.60 Å². The number of nitrogens with one attached hydrogen (secondary N) is 1. The highest BCUT2D eigenvalue weighted by molar-refractivity contribution is 6.91. The Morgan fingerprint density at radius 2 is 1.80 bits per heavy atom. The summed E-state index contributed by atoms with van der Waals surface area (Å²) in [6.07, 6.45) is 7.32. The molecule has 296 valence electrons. The molecule has 2 amide bonds. The summed E-state index contributed by atoms with van der Waals surface area (Å²) in [6, 6.07) is 21.2. The molecule has 4 aromatic rings. The lowest BCUT2D eigenvalue weighted by Crippen LogP contribution is -2.52. The summed E-state index contributed by atoms with van der Waals surface area (Å²) in [5, 5.41) is 15.2. The number of amides is 2. The largest absolute Gasteiger partial charge is 0.497 e. The molecule has 0 unspecified atom stereocenters. The highest BCUT2D eigenvalue weighted by atomic mass is 28.3.